The summed E-state index contributed by atoms with van der Waals surface area (Å²) in [4.78, 5) is 11.1. The molecule has 0 aromatic heterocycles. The Labute approximate surface area is 89.8 Å². The van der Waals surface area contributed by atoms with Crippen LogP contribution in [0.2, 0.25) is 0 Å². The molecule has 0 aliphatic heterocycles. The van der Waals surface area contributed by atoms with Crippen LogP contribution in [0.25, 0.3) is 0 Å². The summed E-state index contributed by atoms with van der Waals surface area (Å²) >= 11 is 0. The van der Waals surface area contributed by atoms with Crippen LogP contribution >= 0.6 is 0 Å². The first-order chi connectivity index (χ1) is 7.45. The highest BCUT2D eigenvalue weighted by atomic mass is 19.3. The number of hydrogen-bond donors (Lipinski definition) is 0. The molecule has 1 aromatic rings. The Morgan fingerprint density at radius 1 is 1.38 bits per heavy atom. The summed E-state index contributed by atoms with van der Waals surface area (Å²) in [6.45, 7) is -1.64. The Bertz CT molecular complexity index is 405. The molecular formula is C10H9F3O3. The second-order valence-corrected chi connectivity index (χ2v) is 2.97. The Kier molecular flexibility index (Phi) is 3.76. The fourth-order valence-corrected chi connectivity index (χ4v) is 1.14. The average Bonchev–Trinajstić information content (AvgIpc) is 2.20. The van der Waals surface area contributed by atoms with Crippen LogP contribution in [0.15, 0.2) is 12.1 Å². The zero-order valence-corrected chi connectivity index (χ0v) is 8.59. The maximum absolute atomic E-state index is 13.3. The van der Waals surface area contributed by atoms with Crippen molar-refractivity contribution in [2.24, 2.45) is 0 Å². The molecular weight excluding hydrogens is 225 g/mol. The zero-order valence-electron chi connectivity index (χ0n) is 8.59. The molecule has 6 heteroatoms. The molecule has 3 nitrogen and oxygen atoms in total. The van der Waals surface area contributed by atoms with Gasteiger partial charge in [0.15, 0.2) is 0 Å². The summed E-state index contributed by atoms with van der Waals surface area (Å²) in [5.74, 6) is -2.04. The van der Waals surface area contributed by atoms with Crippen LogP contribution in [-0.2, 0) is 4.74 Å². The highest BCUT2D eigenvalue weighted by Gasteiger charge is 2.17. The van der Waals surface area contributed by atoms with E-state index in [4.69, 9.17) is 0 Å². The van der Waals surface area contributed by atoms with E-state index in [-0.39, 0.29) is 11.3 Å². The van der Waals surface area contributed by atoms with Gasteiger partial charge in [0, 0.05) is 0 Å². The Morgan fingerprint density at radius 3 is 2.50 bits per heavy atom. The molecule has 0 bridgehead atoms. The molecule has 0 aliphatic rings. The minimum atomic E-state index is -3.03. The van der Waals surface area contributed by atoms with E-state index in [1.54, 1.807) is 0 Å². The summed E-state index contributed by atoms with van der Waals surface area (Å²) in [6, 6.07) is 1.83. The van der Waals surface area contributed by atoms with Crippen molar-refractivity contribution in [3.63, 3.8) is 0 Å². The molecule has 0 atom stereocenters. The third-order valence-electron chi connectivity index (χ3n) is 1.89. The third-order valence-corrected chi connectivity index (χ3v) is 1.89. The lowest BCUT2D eigenvalue weighted by molar-refractivity contribution is -0.0504. The first-order valence-corrected chi connectivity index (χ1v) is 4.29. The lowest BCUT2D eigenvalue weighted by Gasteiger charge is -2.10. The molecule has 0 aliphatic carbocycles. The quantitative estimate of drug-likeness (QED) is 0.754. The molecule has 1 rings (SSSR count). The number of halogens is 3. The minimum absolute atomic E-state index is 0.172. The number of ether oxygens (including phenoxy) is 2. The van der Waals surface area contributed by atoms with Gasteiger partial charge in [0.05, 0.1) is 12.7 Å². The van der Waals surface area contributed by atoms with Crippen LogP contribution < -0.4 is 4.74 Å². The third kappa shape index (κ3) is 2.65. The van der Waals surface area contributed by atoms with Gasteiger partial charge in [-0.1, -0.05) is 0 Å². The summed E-state index contributed by atoms with van der Waals surface area (Å²) in [5, 5.41) is 0. The van der Waals surface area contributed by atoms with Gasteiger partial charge in [0.1, 0.15) is 11.6 Å². The van der Waals surface area contributed by atoms with Crippen molar-refractivity contribution in [1.82, 2.24) is 0 Å². The number of alkyl halides is 2. The van der Waals surface area contributed by atoms with E-state index in [0.717, 1.165) is 19.2 Å². The number of methoxy groups -OCH3 is 1. The molecule has 0 saturated carbocycles. The number of carbonyl (C=O) groups excluding carboxylic acids is 1. The van der Waals surface area contributed by atoms with Gasteiger partial charge in [-0.3, -0.25) is 0 Å². The predicted molar refractivity (Wildman–Crippen MR) is 49.1 cm³/mol. The van der Waals surface area contributed by atoms with Crippen molar-refractivity contribution in [1.29, 1.82) is 0 Å². The molecule has 0 saturated heterocycles. The maximum atomic E-state index is 13.3. The Balaban J connectivity index is 3.16. The monoisotopic (exact) mass is 234 g/mol. The highest BCUT2D eigenvalue weighted by molar-refractivity contribution is 5.90. The smallest absolute Gasteiger partial charge is 0.387 e. The molecule has 1 aromatic carbocycles. The zero-order chi connectivity index (χ0) is 12.3. The molecule has 0 fully saturated rings. The van der Waals surface area contributed by atoms with E-state index in [1.807, 2.05) is 0 Å². The van der Waals surface area contributed by atoms with Gasteiger partial charge in [0.2, 0.25) is 0 Å². The van der Waals surface area contributed by atoms with Gasteiger partial charge in [0.25, 0.3) is 0 Å². The topological polar surface area (TPSA) is 35.5 Å². The molecule has 0 unspecified atom stereocenters. The standard InChI is InChI=1S/C10H9F3O3/c1-5-3-7(11)6(9(14)15-2)4-8(5)16-10(12)13/h3-4,10H,1-2H3. The summed E-state index contributed by atoms with van der Waals surface area (Å²) in [5.41, 5.74) is -0.269. The van der Waals surface area contributed by atoms with Crippen LogP contribution in [0.1, 0.15) is 15.9 Å². The fourth-order valence-electron chi connectivity index (χ4n) is 1.14. The number of carbonyl (C=O) groups is 1. The van der Waals surface area contributed by atoms with Gasteiger partial charge in [-0.05, 0) is 24.6 Å². The lowest BCUT2D eigenvalue weighted by atomic mass is 10.1. The van der Waals surface area contributed by atoms with Crippen molar-refractivity contribution >= 4 is 5.97 Å². The van der Waals surface area contributed by atoms with E-state index in [1.165, 1.54) is 6.92 Å². The summed E-state index contributed by atoms with van der Waals surface area (Å²) < 4.78 is 45.7. The number of benzene rings is 1. The van der Waals surface area contributed by atoms with Crippen LogP contribution in [0.5, 0.6) is 5.75 Å². The molecule has 16 heavy (non-hydrogen) atoms. The van der Waals surface area contributed by atoms with Gasteiger partial charge in [-0.15, -0.1) is 0 Å². The lowest BCUT2D eigenvalue weighted by Crippen LogP contribution is -2.08. The normalized spacial score (nSPS) is 10.4. The number of esters is 1. The Morgan fingerprint density at radius 2 is 2.00 bits per heavy atom. The minimum Gasteiger partial charge on any atom is -0.465 e. The first-order valence-electron chi connectivity index (χ1n) is 4.29. The van der Waals surface area contributed by atoms with Crippen LogP contribution in [0.4, 0.5) is 13.2 Å². The average molecular weight is 234 g/mol. The number of hydrogen-bond acceptors (Lipinski definition) is 3. The van der Waals surface area contributed by atoms with Gasteiger partial charge < -0.3 is 9.47 Å². The molecule has 0 amide bonds. The van der Waals surface area contributed by atoms with Gasteiger partial charge in [-0.2, -0.15) is 8.78 Å². The van der Waals surface area contributed by atoms with E-state index in [9.17, 15) is 18.0 Å². The molecule has 0 heterocycles. The maximum Gasteiger partial charge on any atom is 0.387 e. The van der Waals surface area contributed by atoms with E-state index in [2.05, 4.69) is 9.47 Å². The van der Waals surface area contributed by atoms with Gasteiger partial charge in [-0.25, -0.2) is 9.18 Å². The highest BCUT2D eigenvalue weighted by Crippen LogP contribution is 2.24. The number of rotatable bonds is 3. The molecule has 0 radical (unpaired) electrons. The summed E-state index contributed by atoms with van der Waals surface area (Å²) in [7, 11) is 1.06. The second kappa shape index (κ2) is 4.87. The van der Waals surface area contributed by atoms with Crippen molar-refractivity contribution in [2.45, 2.75) is 13.5 Å². The fraction of sp³-hybridized carbons (Fsp3) is 0.300. The van der Waals surface area contributed by atoms with Crippen LogP contribution in [0, 0.1) is 12.7 Å². The summed E-state index contributed by atoms with van der Waals surface area (Å²) in [6.07, 6.45) is 0. The van der Waals surface area contributed by atoms with Crippen molar-refractivity contribution in [2.75, 3.05) is 7.11 Å². The largest absolute Gasteiger partial charge is 0.465 e. The Hall–Kier alpha value is -1.72. The second-order valence-electron chi connectivity index (χ2n) is 2.97. The van der Waals surface area contributed by atoms with E-state index < -0.39 is 24.0 Å². The van der Waals surface area contributed by atoms with E-state index in [0.29, 0.717) is 0 Å². The SMILES string of the molecule is COC(=O)c1cc(OC(F)F)c(C)cc1F. The van der Waals surface area contributed by atoms with E-state index >= 15 is 0 Å². The van der Waals surface area contributed by atoms with Crippen molar-refractivity contribution < 1.29 is 27.4 Å². The van der Waals surface area contributed by atoms with Crippen LogP contribution in [-0.4, -0.2) is 19.7 Å². The van der Waals surface area contributed by atoms with Crippen molar-refractivity contribution in [3.05, 3.63) is 29.1 Å². The molecule has 88 valence electrons. The van der Waals surface area contributed by atoms with Gasteiger partial charge >= 0.3 is 12.6 Å². The first kappa shape index (κ1) is 12.4. The van der Waals surface area contributed by atoms with Crippen molar-refractivity contribution in [3.8, 4) is 5.75 Å². The van der Waals surface area contributed by atoms with Crippen LogP contribution in [0.3, 0.4) is 0 Å². The number of aryl methyl sites for hydroxylation is 1. The molecule has 0 spiro atoms. The predicted octanol–water partition coefficient (Wildman–Crippen LogP) is 2.52. The molecule has 0 N–H and O–H groups in total.